The van der Waals surface area contributed by atoms with Gasteiger partial charge in [-0.05, 0) is 39.0 Å². The van der Waals surface area contributed by atoms with Crippen molar-refractivity contribution in [1.82, 2.24) is 9.80 Å². The Bertz CT molecular complexity index is 357. The summed E-state index contributed by atoms with van der Waals surface area (Å²) in [6.07, 6.45) is 4.62. The van der Waals surface area contributed by atoms with Crippen molar-refractivity contribution in [3.05, 3.63) is 0 Å². The second-order valence-electron chi connectivity index (χ2n) is 6.45. The van der Waals surface area contributed by atoms with Crippen LogP contribution < -0.4 is 0 Å². The molecular weight excluding hydrogens is 268 g/mol. The Hall–Kier alpha value is -1.26. The summed E-state index contributed by atoms with van der Waals surface area (Å²) in [6, 6.07) is -0.683. The Balaban J connectivity index is 2.78. The number of amides is 2. The van der Waals surface area contributed by atoms with Crippen LogP contribution in [0.5, 0.6) is 0 Å². The molecule has 0 spiro atoms. The minimum atomic E-state index is -0.882. The first kappa shape index (κ1) is 17.8. The van der Waals surface area contributed by atoms with Crippen LogP contribution in [0, 0.1) is 5.92 Å². The van der Waals surface area contributed by atoms with E-state index in [1.54, 1.807) is 4.90 Å². The fraction of sp³-hybridized carbons (Fsp3) is 0.875. The summed E-state index contributed by atoms with van der Waals surface area (Å²) < 4.78 is 0. The van der Waals surface area contributed by atoms with Crippen LogP contribution in [0.3, 0.4) is 0 Å². The van der Waals surface area contributed by atoms with E-state index in [2.05, 4.69) is 13.8 Å². The van der Waals surface area contributed by atoms with E-state index in [9.17, 15) is 14.7 Å². The highest BCUT2D eigenvalue weighted by Gasteiger charge is 2.37. The second-order valence-corrected chi connectivity index (χ2v) is 6.45. The molecule has 2 unspecified atom stereocenters. The molecule has 122 valence electrons. The van der Waals surface area contributed by atoms with E-state index in [1.807, 2.05) is 18.7 Å². The zero-order valence-corrected chi connectivity index (χ0v) is 13.8. The van der Waals surface area contributed by atoms with Gasteiger partial charge in [-0.3, -0.25) is 0 Å². The van der Waals surface area contributed by atoms with Crippen molar-refractivity contribution in [3.8, 4) is 0 Å². The monoisotopic (exact) mass is 298 g/mol. The number of carboxylic acids is 1. The molecule has 21 heavy (non-hydrogen) atoms. The number of urea groups is 1. The number of rotatable bonds is 6. The Labute approximate surface area is 128 Å². The molecule has 5 nitrogen and oxygen atoms in total. The Morgan fingerprint density at radius 3 is 2.52 bits per heavy atom. The number of hydrogen-bond donors (Lipinski definition) is 1. The van der Waals surface area contributed by atoms with Gasteiger partial charge < -0.3 is 14.9 Å². The number of nitrogens with zero attached hydrogens (tertiary/aromatic N) is 2. The summed E-state index contributed by atoms with van der Waals surface area (Å²) in [5.74, 6) is -0.519. The molecule has 1 heterocycles. The lowest BCUT2D eigenvalue weighted by Crippen LogP contribution is -2.55. The molecule has 1 N–H and O–H groups in total. The lowest BCUT2D eigenvalue weighted by molar-refractivity contribution is -0.144. The van der Waals surface area contributed by atoms with Crippen LogP contribution in [0.4, 0.5) is 4.79 Å². The summed E-state index contributed by atoms with van der Waals surface area (Å²) in [5.41, 5.74) is 0. The van der Waals surface area contributed by atoms with Gasteiger partial charge in [-0.2, -0.15) is 0 Å². The smallest absolute Gasteiger partial charge is 0.326 e. The van der Waals surface area contributed by atoms with E-state index in [4.69, 9.17) is 0 Å². The largest absolute Gasteiger partial charge is 0.480 e. The van der Waals surface area contributed by atoms with E-state index in [0.717, 1.165) is 25.7 Å². The molecule has 0 aromatic heterocycles. The summed E-state index contributed by atoms with van der Waals surface area (Å²) in [5, 5.41) is 9.40. The van der Waals surface area contributed by atoms with Gasteiger partial charge in [0.25, 0.3) is 0 Å². The number of unbranched alkanes of at least 4 members (excludes halogenated alkanes) is 2. The first-order valence-electron chi connectivity index (χ1n) is 8.18. The van der Waals surface area contributed by atoms with Crippen LogP contribution in [0.25, 0.3) is 0 Å². The number of piperidine rings is 1. The SMILES string of the molecule is CCCCCN(C(=O)N1CCC(C)CC1C(=O)O)C(C)C. The zero-order chi connectivity index (χ0) is 16.0. The number of likely N-dealkylation sites (tertiary alicyclic amines) is 1. The van der Waals surface area contributed by atoms with Crippen LogP contribution >= 0.6 is 0 Å². The Kier molecular flexibility index (Phi) is 6.99. The molecule has 0 aromatic rings. The minimum absolute atomic E-state index is 0.100. The average molecular weight is 298 g/mol. The van der Waals surface area contributed by atoms with Gasteiger partial charge in [0.2, 0.25) is 0 Å². The average Bonchev–Trinajstić information content (AvgIpc) is 2.42. The summed E-state index contributed by atoms with van der Waals surface area (Å²) in [6.45, 7) is 9.43. The fourth-order valence-corrected chi connectivity index (χ4v) is 2.88. The van der Waals surface area contributed by atoms with Gasteiger partial charge in [0.05, 0.1) is 0 Å². The third-order valence-corrected chi connectivity index (χ3v) is 4.27. The molecule has 0 bridgehead atoms. The van der Waals surface area contributed by atoms with Crippen molar-refractivity contribution >= 4 is 12.0 Å². The molecule has 0 aliphatic carbocycles. The number of carboxylic acid groups (broad SMARTS) is 1. The quantitative estimate of drug-likeness (QED) is 0.766. The summed E-state index contributed by atoms with van der Waals surface area (Å²) in [7, 11) is 0. The van der Waals surface area contributed by atoms with Gasteiger partial charge in [-0.1, -0.05) is 26.7 Å². The lowest BCUT2D eigenvalue weighted by Gasteiger charge is -2.40. The molecule has 2 amide bonds. The van der Waals surface area contributed by atoms with Gasteiger partial charge in [0.1, 0.15) is 6.04 Å². The third-order valence-electron chi connectivity index (χ3n) is 4.27. The van der Waals surface area contributed by atoms with Crippen molar-refractivity contribution < 1.29 is 14.7 Å². The predicted octanol–water partition coefficient (Wildman–Crippen LogP) is 3.19. The maximum absolute atomic E-state index is 12.7. The Morgan fingerprint density at radius 2 is 2.00 bits per heavy atom. The van der Waals surface area contributed by atoms with Crippen molar-refractivity contribution in [3.63, 3.8) is 0 Å². The third kappa shape index (κ3) is 4.90. The molecule has 1 rings (SSSR count). The first-order valence-corrected chi connectivity index (χ1v) is 8.18. The Morgan fingerprint density at radius 1 is 1.33 bits per heavy atom. The van der Waals surface area contributed by atoms with Gasteiger partial charge in [-0.15, -0.1) is 0 Å². The molecule has 5 heteroatoms. The zero-order valence-electron chi connectivity index (χ0n) is 13.8. The van der Waals surface area contributed by atoms with E-state index < -0.39 is 12.0 Å². The highest BCUT2D eigenvalue weighted by Crippen LogP contribution is 2.24. The van der Waals surface area contributed by atoms with Crippen LogP contribution in [0.2, 0.25) is 0 Å². The molecular formula is C16H30N2O3. The van der Waals surface area contributed by atoms with E-state index >= 15 is 0 Å². The van der Waals surface area contributed by atoms with Crippen molar-refractivity contribution in [2.24, 2.45) is 5.92 Å². The molecule has 0 saturated carbocycles. The number of aliphatic carboxylic acids is 1. The molecule has 1 aliphatic rings. The summed E-state index contributed by atoms with van der Waals surface area (Å²) >= 11 is 0. The maximum atomic E-state index is 12.7. The summed E-state index contributed by atoms with van der Waals surface area (Å²) in [4.78, 5) is 27.6. The van der Waals surface area contributed by atoms with Crippen molar-refractivity contribution in [1.29, 1.82) is 0 Å². The molecule has 2 atom stereocenters. The topological polar surface area (TPSA) is 60.9 Å². The molecule has 1 saturated heterocycles. The van der Waals surface area contributed by atoms with Crippen LogP contribution in [-0.4, -0.2) is 52.1 Å². The van der Waals surface area contributed by atoms with Gasteiger partial charge >= 0.3 is 12.0 Å². The van der Waals surface area contributed by atoms with Crippen molar-refractivity contribution in [2.75, 3.05) is 13.1 Å². The molecule has 0 radical (unpaired) electrons. The number of carbonyl (C=O) groups excluding carboxylic acids is 1. The minimum Gasteiger partial charge on any atom is -0.480 e. The van der Waals surface area contributed by atoms with Gasteiger partial charge in [0, 0.05) is 19.1 Å². The number of hydrogen-bond acceptors (Lipinski definition) is 2. The van der Waals surface area contributed by atoms with Crippen LogP contribution in [0.1, 0.15) is 59.8 Å². The second kappa shape index (κ2) is 8.25. The fourth-order valence-electron chi connectivity index (χ4n) is 2.88. The highest BCUT2D eigenvalue weighted by molar-refractivity contribution is 5.83. The number of carbonyl (C=O) groups is 2. The van der Waals surface area contributed by atoms with Crippen LogP contribution in [-0.2, 0) is 4.79 Å². The van der Waals surface area contributed by atoms with E-state index in [1.165, 1.54) is 0 Å². The lowest BCUT2D eigenvalue weighted by atomic mass is 9.92. The highest BCUT2D eigenvalue weighted by atomic mass is 16.4. The molecule has 1 aliphatic heterocycles. The molecule has 0 aromatic carbocycles. The normalized spacial score (nSPS) is 22.4. The van der Waals surface area contributed by atoms with E-state index in [0.29, 0.717) is 25.4 Å². The van der Waals surface area contributed by atoms with Crippen LogP contribution in [0.15, 0.2) is 0 Å². The standard InChI is InChI=1S/C16H30N2O3/c1-5-6-7-9-17(12(2)3)16(21)18-10-8-13(4)11-14(18)15(19)20/h12-14H,5-11H2,1-4H3,(H,19,20). The van der Waals surface area contributed by atoms with E-state index in [-0.39, 0.29) is 12.1 Å². The van der Waals surface area contributed by atoms with Gasteiger partial charge in [-0.25, -0.2) is 9.59 Å². The molecule has 1 fully saturated rings. The van der Waals surface area contributed by atoms with Crippen molar-refractivity contribution in [2.45, 2.75) is 71.9 Å². The van der Waals surface area contributed by atoms with Gasteiger partial charge in [0.15, 0.2) is 0 Å². The predicted molar refractivity (Wildman–Crippen MR) is 83.3 cm³/mol. The maximum Gasteiger partial charge on any atom is 0.326 e. The first-order chi connectivity index (χ1) is 9.88.